The Morgan fingerprint density at radius 2 is 1.75 bits per heavy atom. The lowest BCUT2D eigenvalue weighted by Gasteiger charge is -2.37. The van der Waals surface area contributed by atoms with Crippen molar-refractivity contribution in [1.82, 2.24) is 4.90 Å². The van der Waals surface area contributed by atoms with Gasteiger partial charge >= 0.3 is 11.8 Å². The van der Waals surface area contributed by atoms with Gasteiger partial charge in [-0.2, -0.15) is 0 Å². The Hall–Kier alpha value is -3.02. The number of aryl methyl sites for hydroxylation is 1. The molecule has 0 atom stereocenters. The number of amides is 2. The van der Waals surface area contributed by atoms with E-state index < -0.39 is 11.8 Å². The summed E-state index contributed by atoms with van der Waals surface area (Å²) in [6.07, 6.45) is 0. The number of ether oxygens (including phenoxy) is 1. The smallest absolute Gasteiger partial charge is 0.316 e. The normalized spacial score (nSPS) is 14.0. The second-order valence-electron chi connectivity index (χ2n) is 6.84. The van der Waals surface area contributed by atoms with E-state index in [1.165, 1.54) is 0 Å². The molecule has 2 aromatic carbocycles. The number of piperazine rings is 1. The highest BCUT2D eigenvalue weighted by Crippen LogP contribution is 2.28. The van der Waals surface area contributed by atoms with Crippen LogP contribution >= 0.6 is 0 Å². The molecule has 0 aromatic heterocycles. The number of anilines is 2. The van der Waals surface area contributed by atoms with E-state index in [4.69, 9.17) is 4.74 Å². The number of benzene rings is 2. The lowest BCUT2D eigenvalue weighted by atomic mass is 10.2. The number of nitrogens with zero attached hydrogens (tertiary/aromatic N) is 3. The quantitative estimate of drug-likeness (QED) is 0.764. The van der Waals surface area contributed by atoms with Gasteiger partial charge in [0, 0.05) is 38.4 Å². The summed E-state index contributed by atoms with van der Waals surface area (Å²) >= 11 is 0. The Kier molecular flexibility index (Phi) is 6.19. The standard InChI is InChI=1S/C22H27N3O3/c1-4-25(18-9-7-8-17(2)16-18)22(27)21(26)24-14-12-23(13-15-24)19-10-5-6-11-20(19)28-3/h5-11,16H,4,12-15H2,1-3H3. The minimum Gasteiger partial charge on any atom is -0.495 e. The molecule has 1 heterocycles. The predicted molar refractivity (Wildman–Crippen MR) is 111 cm³/mol. The number of hydrogen-bond acceptors (Lipinski definition) is 4. The average molecular weight is 381 g/mol. The second-order valence-corrected chi connectivity index (χ2v) is 6.84. The zero-order valence-corrected chi connectivity index (χ0v) is 16.7. The highest BCUT2D eigenvalue weighted by atomic mass is 16.5. The van der Waals surface area contributed by atoms with Gasteiger partial charge in [0.15, 0.2) is 0 Å². The molecule has 0 N–H and O–H groups in total. The molecule has 1 aliphatic heterocycles. The fraction of sp³-hybridized carbons (Fsp3) is 0.364. The van der Waals surface area contributed by atoms with Crippen molar-refractivity contribution in [3.63, 3.8) is 0 Å². The van der Waals surface area contributed by atoms with Crippen LogP contribution in [0.3, 0.4) is 0 Å². The summed E-state index contributed by atoms with van der Waals surface area (Å²) < 4.78 is 5.43. The molecule has 6 heteroatoms. The van der Waals surface area contributed by atoms with Gasteiger partial charge in [-0.15, -0.1) is 0 Å². The summed E-state index contributed by atoms with van der Waals surface area (Å²) in [5.74, 6) is -0.100. The third-order valence-corrected chi connectivity index (χ3v) is 5.05. The molecular formula is C22H27N3O3. The first-order valence-electron chi connectivity index (χ1n) is 9.60. The van der Waals surface area contributed by atoms with Gasteiger partial charge in [-0.3, -0.25) is 9.59 Å². The zero-order valence-electron chi connectivity index (χ0n) is 16.7. The molecule has 1 saturated heterocycles. The fourth-order valence-corrected chi connectivity index (χ4v) is 3.53. The zero-order chi connectivity index (χ0) is 20.1. The van der Waals surface area contributed by atoms with Crippen LogP contribution in [-0.4, -0.2) is 56.5 Å². The highest BCUT2D eigenvalue weighted by Gasteiger charge is 2.30. The summed E-state index contributed by atoms with van der Waals surface area (Å²) in [5.41, 5.74) is 2.83. The minimum atomic E-state index is -0.473. The van der Waals surface area contributed by atoms with Gasteiger partial charge < -0.3 is 19.4 Å². The third kappa shape index (κ3) is 4.11. The van der Waals surface area contributed by atoms with E-state index in [9.17, 15) is 9.59 Å². The van der Waals surface area contributed by atoms with E-state index in [0.717, 1.165) is 22.7 Å². The molecule has 148 valence electrons. The van der Waals surface area contributed by atoms with Crippen molar-refractivity contribution >= 4 is 23.2 Å². The topological polar surface area (TPSA) is 53.1 Å². The van der Waals surface area contributed by atoms with Crippen molar-refractivity contribution in [3.8, 4) is 5.75 Å². The molecule has 0 bridgehead atoms. The summed E-state index contributed by atoms with van der Waals surface area (Å²) in [7, 11) is 1.65. The van der Waals surface area contributed by atoms with Gasteiger partial charge in [-0.1, -0.05) is 24.3 Å². The third-order valence-electron chi connectivity index (χ3n) is 5.05. The maximum Gasteiger partial charge on any atom is 0.316 e. The SMILES string of the molecule is CCN(C(=O)C(=O)N1CCN(c2ccccc2OC)CC1)c1cccc(C)c1. The molecule has 0 aliphatic carbocycles. The van der Waals surface area contributed by atoms with E-state index in [2.05, 4.69) is 4.90 Å². The molecule has 28 heavy (non-hydrogen) atoms. The second kappa shape index (κ2) is 8.78. The van der Waals surface area contributed by atoms with Crippen LogP contribution in [0.15, 0.2) is 48.5 Å². The van der Waals surface area contributed by atoms with E-state index in [1.54, 1.807) is 16.9 Å². The van der Waals surface area contributed by atoms with Crippen LogP contribution in [0.4, 0.5) is 11.4 Å². The largest absolute Gasteiger partial charge is 0.495 e. The molecule has 1 fully saturated rings. The van der Waals surface area contributed by atoms with Crippen LogP contribution in [0.1, 0.15) is 12.5 Å². The molecule has 0 spiro atoms. The Labute approximate surface area is 166 Å². The van der Waals surface area contributed by atoms with Gasteiger partial charge in [-0.25, -0.2) is 0 Å². The van der Waals surface area contributed by atoms with Crippen molar-refractivity contribution in [2.24, 2.45) is 0 Å². The van der Waals surface area contributed by atoms with Crippen molar-refractivity contribution in [2.45, 2.75) is 13.8 Å². The number of para-hydroxylation sites is 2. The number of likely N-dealkylation sites (N-methyl/N-ethyl adjacent to an activating group) is 1. The molecule has 0 radical (unpaired) electrons. The van der Waals surface area contributed by atoms with Crippen LogP contribution in [0.25, 0.3) is 0 Å². The molecule has 6 nitrogen and oxygen atoms in total. The summed E-state index contributed by atoms with van der Waals surface area (Å²) in [6, 6.07) is 15.5. The lowest BCUT2D eigenvalue weighted by molar-refractivity contribution is -0.144. The van der Waals surface area contributed by atoms with E-state index in [-0.39, 0.29) is 0 Å². The van der Waals surface area contributed by atoms with Gasteiger partial charge in [0.1, 0.15) is 5.75 Å². The lowest BCUT2D eigenvalue weighted by Crippen LogP contribution is -2.53. The highest BCUT2D eigenvalue weighted by molar-refractivity contribution is 6.40. The van der Waals surface area contributed by atoms with Crippen LogP contribution in [-0.2, 0) is 9.59 Å². The number of carbonyl (C=O) groups excluding carboxylic acids is 2. The van der Waals surface area contributed by atoms with Gasteiger partial charge in [-0.05, 0) is 43.7 Å². The monoisotopic (exact) mass is 381 g/mol. The Morgan fingerprint density at radius 3 is 2.39 bits per heavy atom. The first-order valence-corrected chi connectivity index (χ1v) is 9.60. The maximum absolute atomic E-state index is 12.8. The van der Waals surface area contributed by atoms with Gasteiger partial charge in [0.2, 0.25) is 0 Å². The Balaban J connectivity index is 1.66. The van der Waals surface area contributed by atoms with Crippen LogP contribution in [0.2, 0.25) is 0 Å². The first kappa shape index (κ1) is 19.7. The van der Waals surface area contributed by atoms with Crippen molar-refractivity contribution < 1.29 is 14.3 Å². The molecule has 3 rings (SSSR count). The predicted octanol–water partition coefficient (Wildman–Crippen LogP) is 2.71. The Morgan fingerprint density at radius 1 is 1.04 bits per heavy atom. The number of methoxy groups -OCH3 is 1. The van der Waals surface area contributed by atoms with E-state index in [1.807, 2.05) is 62.4 Å². The summed E-state index contributed by atoms with van der Waals surface area (Å²) in [5, 5.41) is 0. The molecule has 2 amide bonds. The average Bonchev–Trinajstić information content (AvgIpc) is 2.74. The molecular weight excluding hydrogens is 354 g/mol. The van der Waals surface area contributed by atoms with Crippen LogP contribution in [0.5, 0.6) is 5.75 Å². The number of carbonyl (C=O) groups is 2. The van der Waals surface area contributed by atoms with Crippen LogP contribution < -0.4 is 14.5 Å². The number of rotatable bonds is 4. The van der Waals surface area contributed by atoms with Crippen LogP contribution in [0, 0.1) is 6.92 Å². The van der Waals surface area contributed by atoms with E-state index in [0.29, 0.717) is 32.7 Å². The van der Waals surface area contributed by atoms with Crippen molar-refractivity contribution in [2.75, 3.05) is 49.6 Å². The molecule has 1 aliphatic rings. The first-order chi connectivity index (χ1) is 13.5. The summed E-state index contributed by atoms with van der Waals surface area (Å²) in [4.78, 5) is 31.0. The fourth-order valence-electron chi connectivity index (χ4n) is 3.53. The molecule has 0 unspecified atom stereocenters. The maximum atomic E-state index is 12.8. The van der Waals surface area contributed by atoms with Gasteiger partial charge in [0.05, 0.1) is 12.8 Å². The van der Waals surface area contributed by atoms with Crippen molar-refractivity contribution in [1.29, 1.82) is 0 Å². The minimum absolute atomic E-state index is 0.442. The number of hydrogen-bond donors (Lipinski definition) is 0. The van der Waals surface area contributed by atoms with E-state index >= 15 is 0 Å². The summed E-state index contributed by atoms with van der Waals surface area (Å²) in [6.45, 7) is 6.65. The van der Waals surface area contributed by atoms with Crippen molar-refractivity contribution in [3.05, 3.63) is 54.1 Å². The van der Waals surface area contributed by atoms with Gasteiger partial charge in [0.25, 0.3) is 0 Å². The molecule has 2 aromatic rings. The Bertz CT molecular complexity index is 844. The molecule has 0 saturated carbocycles.